The highest BCUT2D eigenvalue weighted by Gasteiger charge is 2.20. The first kappa shape index (κ1) is 14.4. The lowest BCUT2D eigenvalue weighted by molar-refractivity contribution is -0.118. The van der Waals surface area contributed by atoms with E-state index in [9.17, 15) is 4.79 Å². The number of ether oxygens (including phenoxy) is 2. The highest BCUT2D eigenvalue weighted by Crippen LogP contribution is 2.36. The van der Waals surface area contributed by atoms with Crippen molar-refractivity contribution >= 4 is 11.6 Å². The topological polar surface area (TPSA) is 78.3 Å². The van der Waals surface area contributed by atoms with E-state index in [2.05, 4.69) is 29.2 Å². The summed E-state index contributed by atoms with van der Waals surface area (Å²) in [7, 11) is 0. The molecular weight excluding hydrogens is 284 g/mol. The third-order valence-corrected chi connectivity index (χ3v) is 3.20. The Morgan fingerprint density at radius 2 is 2.32 bits per heavy atom. The highest BCUT2D eigenvalue weighted by molar-refractivity contribution is 5.97. The maximum atomic E-state index is 11.5. The number of carbonyl (C=O) groups excluding carboxylic acids is 1. The molecular formula is C15H18N4O3. The van der Waals surface area contributed by atoms with Gasteiger partial charge in [0.05, 0.1) is 0 Å². The fraction of sp³-hybridized carbons (Fsp3) is 0.400. The minimum absolute atomic E-state index is 0.0270. The fourth-order valence-electron chi connectivity index (χ4n) is 2.23. The smallest absolute Gasteiger partial charge is 0.262 e. The Bertz CT molecular complexity index is 681. The van der Waals surface area contributed by atoms with Crippen LogP contribution in [-0.2, 0) is 17.9 Å². The van der Waals surface area contributed by atoms with Crippen molar-refractivity contribution in [1.29, 1.82) is 0 Å². The number of aromatic nitrogens is 3. The van der Waals surface area contributed by atoms with Crippen LogP contribution in [0.4, 0.5) is 5.69 Å². The maximum absolute atomic E-state index is 11.5. The average molecular weight is 302 g/mol. The first-order valence-electron chi connectivity index (χ1n) is 7.18. The van der Waals surface area contributed by atoms with Crippen molar-refractivity contribution in [2.24, 2.45) is 5.92 Å². The Morgan fingerprint density at radius 3 is 3.14 bits per heavy atom. The third-order valence-electron chi connectivity index (χ3n) is 3.20. The molecule has 1 aliphatic rings. The number of anilines is 1. The molecule has 1 amide bonds. The number of benzene rings is 1. The first-order valence-corrected chi connectivity index (χ1v) is 7.18. The standard InChI is InChI=1S/C15H18N4O3/c1-10(2)6-19-13(16-9-17-19)7-21-11-4-3-5-12-15(11)18-14(20)8-22-12/h3-5,9-10H,6-8H2,1-2H3,(H,18,20). The summed E-state index contributed by atoms with van der Waals surface area (Å²) in [6.07, 6.45) is 1.52. The lowest BCUT2D eigenvalue weighted by Gasteiger charge is -2.20. The Hall–Kier alpha value is -2.57. The van der Waals surface area contributed by atoms with Crippen molar-refractivity contribution in [3.05, 3.63) is 30.4 Å². The van der Waals surface area contributed by atoms with Crippen LogP contribution in [0.25, 0.3) is 0 Å². The van der Waals surface area contributed by atoms with E-state index < -0.39 is 0 Å². The Morgan fingerprint density at radius 1 is 1.45 bits per heavy atom. The van der Waals surface area contributed by atoms with Gasteiger partial charge in [-0.15, -0.1) is 0 Å². The molecule has 0 fully saturated rings. The van der Waals surface area contributed by atoms with Crippen molar-refractivity contribution in [3.8, 4) is 11.5 Å². The van der Waals surface area contributed by atoms with Crippen LogP contribution in [-0.4, -0.2) is 27.3 Å². The quantitative estimate of drug-likeness (QED) is 0.912. The van der Waals surface area contributed by atoms with E-state index in [1.54, 1.807) is 12.1 Å². The van der Waals surface area contributed by atoms with Crippen LogP contribution in [0.15, 0.2) is 24.5 Å². The number of hydrogen-bond donors (Lipinski definition) is 1. The predicted molar refractivity (Wildman–Crippen MR) is 79.8 cm³/mol. The largest absolute Gasteiger partial charge is 0.483 e. The van der Waals surface area contributed by atoms with Crippen LogP contribution < -0.4 is 14.8 Å². The van der Waals surface area contributed by atoms with Gasteiger partial charge in [0.1, 0.15) is 30.1 Å². The SMILES string of the molecule is CC(C)Cn1ncnc1COc1cccc2c1NC(=O)CO2. The molecule has 0 saturated carbocycles. The molecule has 116 valence electrons. The lowest BCUT2D eigenvalue weighted by Crippen LogP contribution is -2.25. The van der Waals surface area contributed by atoms with Crippen LogP contribution in [0, 0.1) is 5.92 Å². The number of fused-ring (bicyclic) bond motifs is 1. The second-order valence-corrected chi connectivity index (χ2v) is 5.51. The number of para-hydroxylation sites is 1. The van der Waals surface area contributed by atoms with Gasteiger partial charge in [0, 0.05) is 6.54 Å². The molecule has 3 rings (SSSR count). The number of hydrogen-bond acceptors (Lipinski definition) is 5. The molecule has 0 saturated heterocycles. The van der Waals surface area contributed by atoms with Crippen LogP contribution in [0.2, 0.25) is 0 Å². The summed E-state index contributed by atoms with van der Waals surface area (Å²) < 4.78 is 13.0. The summed E-state index contributed by atoms with van der Waals surface area (Å²) in [5.74, 6) is 2.20. The summed E-state index contributed by atoms with van der Waals surface area (Å²) in [5, 5.41) is 6.97. The average Bonchev–Trinajstić information content (AvgIpc) is 2.91. The van der Waals surface area contributed by atoms with Gasteiger partial charge in [0.15, 0.2) is 12.4 Å². The van der Waals surface area contributed by atoms with Gasteiger partial charge in [-0.25, -0.2) is 9.67 Å². The van der Waals surface area contributed by atoms with Crippen molar-refractivity contribution in [1.82, 2.24) is 14.8 Å². The fourth-order valence-corrected chi connectivity index (χ4v) is 2.23. The second-order valence-electron chi connectivity index (χ2n) is 5.51. The van der Waals surface area contributed by atoms with Gasteiger partial charge in [-0.2, -0.15) is 5.10 Å². The van der Waals surface area contributed by atoms with Crippen molar-refractivity contribution in [2.45, 2.75) is 27.0 Å². The molecule has 2 heterocycles. The minimum Gasteiger partial charge on any atom is -0.483 e. The number of rotatable bonds is 5. The van der Waals surface area contributed by atoms with E-state index in [1.807, 2.05) is 10.7 Å². The molecule has 0 spiro atoms. The van der Waals surface area contributed by atoms with E-state index in [0.29, 0.717) is 23.1 Å². The first-order chi connectivity index (χ1) is 10.6. The maximum Gasteiger partial charge on any atom is 0.262 e. The predicted octanol–water partition coefficient (Wildman–Crippen LogP) is 1.84. The Kier molecular flexibility index (Phi) is 3.95. The van der Waals surface area contributed by atoms with Crippen LogP contribution >= 0.6 is 0 Å². The third kappa shape index (κ3) is 3.03. The normalized spacial score (nSPS) is 13.5. The molecule has 22 heavy (non-hydrogen) atoms. The molecule has 0 atom stereocenters. The zero-order chi connectivity index (χ0) is 15.5. The molecule has 1 N–H and O–H groups in total. The molecule has 7 heteroatoms. The molecule has 1 aliphatic heterocycles. The molecule has 0 bridgehead atoms. The van der Waals surface area contributed by atoms with Crippen LogP contribution in [0.3, 0.4) is 0 Å². The molecule has 2 aromatic rings. The molecule has 0 aliphatic carbocycles. The molecule has 0 unspecified atom stereocenters. The summed E-state index contributed by atoms with van der Waals surface area (Å²) in [6.45, 7) is 5.32. The van der Waals surface area contributed by atoms with Gasteiger partial charge >= 0.3 is 0 Å². The lowest BCUT2D eigenvalue weighted by atomic mass is 10.2. The van der Waals surface area contributed by atoms with Gasteiger partial charge in [-0.05, 0) is 18.1 Å². The van der Waals surface area contributed by atoms with Crippen molar-refractivity contribution in [2.75, 3.05) is 11.9 Å². The summed E-state index contributed by atoms with van der Waals surface area (Å²) in [6, 6.07) is 5.41. The molecule has 1 aromatic carbocycles. The molecule has 1 aromatic heterocycles. The van der Waals surface area contributed by atoms with E-state index >= 15 is 0 Å². The van der Waals surface area contributed by atoms with Gasteiger partial charge in [0.2, 0.25) is 0 Å². The van der Waals surface area contributed by atoms with Gasteiger partial charge < -0.3 is 14.8 Å². The Labute approximate surface area is 128 Å². The van der Waals surface area contributed by atoms with Crippen molar-refractivity contribution < 1.29 is 14.3 Å². The Balaban J connectivity index is 1.75. The molecule has 7 nitrogen and oxygen atoms in total. The summed E-state index contributed by atoms with van der Waals surface area (Å²) in [5.41, 5.74) is 0.564. The van der Waals surface area contributed by atoms with Gasteiger partial charge in [-0.3, -0.25) is 4.79 Å². The monoisotopic (exact) mass is 302 g/mol. The summed E-state index contributed by atoms with van der Waals surface area (Å²) >= 11 is 0. The minimum atomic E-state index is -0.188. The number of nitrogens with one attached hydrogen (secondary N) is 1. The van der Waals surface area contributed by atoms with E-state index in [0.717, 1.165) is 12.4 Å². The van der Waals surface area contributed by atoms with Crippen molar-refractivity contribution in [3.63, 3.8) is 0 Å². The zero-order valence-corrected chi connectivity index (χ0v) is 12.6. The number of amides is 1. The number of carbonyl (C=O) groups is 1. The van der Waals surface area contributed by atoms with Gasteiger partial charge in [0.25, 0.3) is 5.91 Å². The van der Waals surface area contributed by atoms with E-state index in [4.69, 9.17) is 9.47 Å². The van der Waals surface area contributed by atoms with Gasteiger partial charge in [-0.1, -0.05) is 19.9 Å². The van der Waals surface area contributed by atoms with Crippen LogP contribution in [0.1, 0.15) is 19.7 Å². The molecule has 0 radical (unpaired) electrons. The zero-order valence-electron chi connectivity index (χ0n) is 12.6. The van der Waals surface area contributed by atoms with E-state index in [-0.39, 0.29) is 19.1 Å². The van der Waals surface area contributed by atoms with E-state index in [1.165, 1.54) is 6.33 Å². The summed E-state index contributed by atoms with van der Waals surface area (Å²) in [4.78, 5) is 15.7. The van der Waals surface area contributed by atoms with Crippen LogP contribution in [0.5, 0.6) is 11.5 Å². The number of nitrogens with zero attached hydrogens (tertiary/aromatic N) is 3. The second kappa shape index (κ2) is 6.05. The highest BCUT2D eigenvalue weighted by atomic mass is 16.5.